The first-order valence-corrected chi connectivity index (χ1v) is 10.2. The Hall–Kier alpha value is -1.70. The molecule has 0 bridgehead atoms. The Morgan fingerprint density at radius 2 is 1.72 bits per heavy atom. The number of hydrogen-bond acceptors (Lipinski definition) is 6. The number of hydrogen-bond donors (Lipinski definition) is 1. The van der Waals surface area contributed by atoms with Crippen molar-refractivity contribution in [2.24, 2.45) is 5.92 Å². The fourth-order valence-electron chi connectivity index (χ4n) is 4.02. The van der Waals surface area contributed by atoms with E-state index in [4.69, 9.17) is 0 Å². The molecule has 1 aromatic rings. The monoisotopic (exact) mass is 363 g/mol. The Balaban J connectivity index is 1.30. The molecule has 2 aliphatic heterocycles. The minimum atomic E-state index is 0.115. The molecule has 0 aromatic carbocycles. The molecule has 1 N–H and O–H groups in total. The van der Waals surface area contributed by atoms with Gasteiger partial charge in [0.15, 0.2) is 0 Å². The number of aromatic nitrogens is 2. The summed E-state index contributed by atoms with van der Waals surface area (Å²) >= 11 is 1.48. The number of nitrogens with zero attached hydrogens (tertiary/aromatic N) is 4. The van der Waals surface area contributed by atoms with Gasteiger partial charge in [0, 0.05) is 38.0 Å². The summed E-state index contributed by atoms with van der Waals surface area (Å²) in [5.41, 5.74) is 0. The highest BCUT2D eigenvalue weighted by Gasteiger charge is 2.30. The van der Waals surface area contributed by atoms with E-state index in [1.54, 1.807) is 4.90 Å². The number of anilines is 2. The zero-order valence-corrected chi connectivity index (χ0v) is 15.3. The van der Waals surface area contributed by atoms with Crippen molar-refractivity contribution in [2.75, 3.05) is 29.4 Å². The van der Waals surface area contributed by atoms with Gasteiger partial charge in [-0.1, -0.05) is 24.2 Å². The van der Waals surface area contributed by atoms with E-state index in [9.17, 15) is 9.59 Å². The van der Waals surface area contributed by atoms with Gasteiger partial charge in [0.2, 0.25) is 22.1 Å². The molecule has 25 heavy (non-hydrogen) atoms. The van der Waals surface area contributed by atoms with E-state index in [0.717, 1.165) is 56.9 Å². The van der Waals surface area contributed by atoms with Crippen molar-refractivity contribution in [2.45, 2.75) is 57.4 Å². The van der Waals surface area contributed by atoms with E-state index >= 15 is 0 Å². The van der Waals surface area contributed by atoms with Crippen LogP contribution in [0.5, 0.6) is 0 Å². The van der Waals surface area contributed by atoms with Crippen LogP contribution in [0.4, 0.5) is 10.3 Å². The average Bonchev–Trinajstić information content (AvgIpc) is 3.36. The molecular weight excluding hydrogens is 338 g/mol. The van der Waals surface area contributed by atoms with Gasteiger partial charge >= 0.3 is 0 Å². The van der Waals surface area contributed by atoms with Crippen molar-refractivity contribution >= 4 is 33.4 Å². The van der Waals surface area contributed by atoms with Crippen LogP contribution >= 0.6 is 11.3 Å². The summed E-state index contributed by atoms with van der Waals surface area (Å²) in [6.45, 7) is 2.40. The van der Waals surface area contributed by atoms with Crippen LogP contribution in [-0.4, -0.2) is 47.7 Å². The second-order valence-electron chi connectivity index (χ2n) is 7.27. The molecule has 0 atom stereocenters. The van der Waals surface area contributed by atoms with Gasteiger partial charge in [-0.25, -0.2) is 0 Å². The molecule has 2 saturated heterocycles. The minimum absolute atomic E-state index is 0.115. The molecule has 0 unspecified atom stereocenters. The standard InChI is InChI=1S/C17H25N5O2S/c23-14-6-3-9-22(14)17-20-19-16(25-17)21-10-7-12(8-11-21)15(24)18-13-4-1-2-5-13/h12-13H,1-11H2,(H,18,24). The molecule has 136 valence electrons. The summed E-state index contributed by atoms with van der Waals surface area (Å²) in [7, 11) is 0. The molecule has 4 rings (SSSR count). The fraction of sp³-hybridized carbons (Fsp3) is 0.765. The molecule has 3 fully saturated rings. The Morgan fingerprint density at radius 1 is 1.00 bits per heavy atom. The fourth-order valence-corrected chi connectivity index (χ4v) is 4.96. The number of piperidine rings is 1. The zero-order valence-electron chi connectivity index (χ0n) is 14.4. The highest BCUT2D eigenvalue weighted by atomic mass is 32.1. The summed E-state index contributed by atoms with van der Waals surface area (Å²) < 4.78 is 0. The van der Waals surface area contributed by atoms with E-state index in [1.165, 1.54) is 24.2 Å². The lowest BCUT2D eigenvalue weighted by atomic mass is 9.96. The Bertz CT molecular complexity index is 635. The molecule has 3 aliphatic rings. The normalized spacial score (nSPS) is 22.8. The summed E-state index contributed by atoms with van der Waals surface area (Å²) in [6.07, 6.45) is 7.96. The number of amides is 2. The predicted molar refractivity (Wildman–Crippen MR) is 96.8 cm³/mol. The van der Waals surface area contributed by atoms with E-state index < -0.39 is 0 Å². The highest BCUT2D eigenvalue weighted by Crippen LogP contribution is 2.32. The van der Waals surface area contributed by atoms with Crippen LogP contribution < -0.4 is 15.1 Å². The van der Waals surface area contributed by atoms with Gasteiger partial charge in [0.05, 0.1) is 0 Å². The maximum Gasteiger partial charge on any atom is 0.228 e. The van der Waals surface area contributed by atoms with Gasteiger partial charge in [-0.2, -0.15) is 0 Å². The quantitative estimate of drug-likeness (QED) is 0.884. The van der Waals surface area contributed by atoms with Crippen molar-refractivity contribution in [3.8, 4) is 0 Å². The average molecular weight is 363 g/mol. The zero-order chi connectivity index (χ0) is 17.2. The van der Waals surface area contributed by atoms with E-state index in [1.807, 2.05) is 0 Å². The third-order valence-electron chi connectivity index (χ3n) is 5.55. The summed E-state index contributed by atoms with van der Waals surface area (Å²) in [4.78, 5) is 28.2. The molecule has 0 radical (unpaired) electrons. The number of carbonyl (C=O) groups is 2. The maximum atomic E-state index is 12.4. The highest BCUT2D eigenvalue weighted by molar-refractivity contribution is 7.19. The van der Waals surface area contributed by atoms with Crippen LogP contribution in [0, 0.1) is 5.92 Å². The van der Waals surface area contributed by atoms with E-state index in [2.05, 4.69) is 20.4 Å². The van der Waals surface area contributed by atoms with Gasteiger partial charge in [0.25, 0.3) is 0 Å². The second-order valence-corrected chi connectivity index (χ2v) is 8.20. The third kappa shape index (κ3) is 3.63. The van der Waals surface area contributed by atoms with Crippen molar-refractivity contribution in [1.29, 1.82) is 0 Å². The number of rotatable bonds is 4. The predicted octanol–water partition coefficient (Wildman–Crippen LogP) is 1.94. The lowest BCUT2D eigenvalue weighted by molar-refractivity contribution is -0.126. The Kier molecular flexibility index (Phi) is 4.87. The van der Waals surface area contributed by atoms with Crippen LogP contribution in [0.15, 0.2) is 0 Å². The lowest BCUT2D eigenvalue weighted by Crippen LogP contribution is -2.43. The molecule has 1 aliphatic carbocycles. The van der Waals surface area contributed by atoms with Gasteiger partial charge in [-0.15, -0.1) is 10.2 Å². The van der Waals surface area contributed by atoms with Gasteiger partial charge in [-0.3, -0.25) is 14.5 Å². The van der Waals surface area contributed by atoms with Gasteiger partial charge in [0.1, 0.15) is 0 Å². The van der Waals surface area contributed by atoms with Gasteiger partial charge < -0.3 is 10.2 Å². The first-order chi connectivity index (χ1) is 12.2. The number of carbonyl (C=O) groups excluding carboxylic acids is 2. The first kappa shape index (κ1) is 16.8. The van der Waals surface area contributed by atoms with Crippen molar-refractivity contribution < 1.29 is 9.59 Å². The summed E-state index contributed by atoms with van der Waals surface area (Å²) in [5.74, 6) is 0.488. The molecule has 0 spiro atoms. The van der Waals surface area contributed by atoms with Crippen molar-refractivity contribution in [1.82, 2.24) is 15.5 Å². The Labute approximate surface area is 151 Å². The molecular formula is C17H25N5O2S. The van der Waals surface area contributed by atoms with Crippen LogP contribution in [0.25, 0.3) is 0 Å². The van der Waals surface area contributed by atoms with E-state index in [0.29, 0.717) is 17.6 Å². The second kappa shape index (κ2) is 7.27. The molecule has 1 aromatic heterocycles. The van der Waals surface area contributed by atoms with Crippen LogP contribution in [0.2, 0.25) is 0 Å². The molecule has 3 heterocycles. The minimum Gasteiger partial charge on any atom is -0.353 e. The van der Waals surface area contributed by atoms with E-state index in [-0.39, 0.29) is 17.7 Å². The Morgan fingerprint density at radius 3 is 2.40 bits per heavy atom. The molecule has 7 nitrogen and oxygen atoms in total. The largest absolute Gasteiger partial charge is 0.353 e. The molecule has 2 amide bonds. The van der Waals surface area contributed by atoms with Crippen LogP contribution in [0.1, 0.15) is 51.4 Å². The lowest BCUT2D eigenvalue weighted by Gasteiger charge is -2.31. The smallest absolute Gasteiger partial charge is 0.228 e. The maximum absolute atomic E-state index is 12.4. The molecule has 1 saturated carbocycles. The first-order valence-electron chi connectivity index (χ1n) is 9.40. The summed E-state index contributed by atoms with van der Waals surface area (Å²) in [6, 6.07) is 0.397. The third-order valence-corrected chi connectivity index (χ3v) is 6.55. The topological polar surface area (TPSA) is 78.4 Å². The number of nitrogens with one attached hydrogen (secondary N) is 1. The molecule has 8 heteroatoms. The summed E-state index contributed by atoms with van der Waals surface area (Å²) in [5, 5.41) is 13.3. The van der Waals surface area contributed by atoms with Crippen LogP contribution in [-0.2, 0) is 9.59 Å². The van der Waals surface area contributed by atoms with Crippen molar-refractivity contribution in [3.63, 3.8) is 0 Å². The van der Waals surface area contributed by atoms with Gasteiger partial charge in [-0.05, 0) is 32.1 Å². The SMILES string of the molecule is O=C(NC1CCCC1)C1CCN(c2nnc(N3CCCC3=O)s2)CC1. The van der Waals surface area contributed by atoms with Crippen LogP contribution in [0.3, 0.4) is 0 Å². The van der Waals surface area contributed by atoms with Crippen molar-refractivity contribution in [3.05, 3.63) is 0 Å².